The van der Waals surface area contributed by atoms with Crippen molar-refractivity contribution in [3.8, 4) is 5.88 Å². The lowest BCUT2D eigenvalue weighted by Gasteiger charge is -2.16. The second kappa shape index (κ2) is 5.31. The van der Waals surface area contributed by atoms with E-state index in [0.29, 0.717) is 11.0 Å². The molecule has 0 saturated carbocycles. The molecule has 0 amide bonds. The average Bonchev–Trinajstić information content (AvgIpc) is 2.17. The summed E-state index contributed by atoms with van der Waals surface area (Å²) in [6, 6.07) is 0. The van der Waals surface area contributed by atoms with Gasteiger partial charge in [0.1, 0.15) is 11.5 Å². The summed E-state index contributed by atoms with van der Waals surface area (Å²) >= 11 is 6.02. The SMILES string of the molecule is CCC(C)Oc1ncnc(Cl)c1C(C)C. The van der Waals surface area contributed by atoms with Gasteiger partial charge in [-0.05, 0) is 19.3 Å². The Morgan fingerprint density at radius 1 is 1.33 bits per heavy atom. The van der Waals surface area contributed by atoms with Crippen LogP contribution in [0.15, 0.2) is 6.33 Å². The van der Waals surface area contributed by atoms with Gasteiger partial charge in [-0.3, -0.25) is 0 Å². The summed E-state index contributed by atoms with van der Waals surface area (Å²) in [5.41, 5.74) is 0.888. The zero-order valence-corrected chi connectivity index (χ0v) is 10.4. The van der Waals surface area contributed by atoms with Gasteiger partial charge in [0.15, 0.2) is 0 Å². The third-order valence-electron chi connectivity index (χ3n) is 2.26. The lowest BCUT2D eigenvalue weighted by molar-refractivity contribution is 0.205. The third kappa shape index (κ3) is 3.06. The van der Waals surface area contributed by atoms with Gasteiger partial charge in [-0.25, -0.2) is 9.97 Å². The van der Waals surface area contributed by atoms with Crippen molar-refractivity contribution in [2.75, 3.05) is 0 Å². The highest BCUT2D eigenvalue weighted by molar-refractivity contribution is 6.30. The monoisotopic (exact) mass is 228 g/mol. The zero-order chi connectivity index (χ0) is 11.4. The smallest absolute Gasteiger partial charge is 0.221 e. The highest BCUT2D eigenvalue weighted by Gasteiger charge is 2.16. The van der Waals surface area contributed by atoms with Crippen molar-refractivity contribution < 1.29 is 4.74 Å². The predicted molar refractivity (Wildman–Crippen MR) is 61.5 cm³/mol. The van der Waals surface area contributed by atoms with E-state index >= 15 is 0 Å². The van der Waals surface area contributed by atoms with E-state index in [1.54, 1.807) is 0 Å². The third-order valence-corrected chi connectivity index (χ3v) is 2.56. The molecule has 0 fully saturated rings. The second-order valence-corrected chi connectivity index (χ2v) is 4.23. The number of aromatic nitrogens is 2. The average molecular weight is 229 g/mol. The Kier molecular flexibility index (Phi) is 4.33. The Hall–Kier alpha value is -0.830. The first-order chi connectivity index (χ1) is 7.06. The minimum atomic E-state index is 0.147. The number of rotatable bonds is 4. The molecule has 4 heteroatoms. The highest BCUT2D eigenvalue weighted by Crippen LogP contribution is 2.30. The molecule has 84 valence electrons. The van der Waals surface area contributed by atoms with E-state index in [0.717, 1.165) is 12.0 Å². The maximum Gasteiger partial charge on any atom is 0.221 e. The van der Waals surface area contributed by atoms with Crippen molar-refractivity contribution in [3.05, 3.63) is 17.0 Å². The molecule has 1 heterocycles. The van der Waals surface area contributed by atoms with Gasteiger partial charge in [0.25, 0.3) is 0 Å². The molecule has 1 atom stereocenters. The molecule has 0 saturated heterocycles. The first-order valence-corrected chi connectivity index (χ1v) is 5.61. The summed E-state index contributed by atoms with van der Waals surface area (Å²) in [6.45, 7) is 8.19. The molecule has 3 nitrogen and oxygen atoms in total. The van der Waals surface area contributed by atoms with Crippen LogP contribution in [-0.4, -0.2) is 16.1 Å². The molecular formula is C11H17ClN2O. The summed E-state index contributed by atoms with van der Waals surface area (Å²) in [5, 5.41) is 0.485. The Bertz CT molecular complexity index is 328. The molecule has 0 aliphatic heterocycles. The van der Waals surface area contributed by atoms with Crippen molar-refractivity contribution in [1.29, 1.82) is 0 Å². The summed E-state index contributed by atoms with van der Waals surface area (Å²) < 4.78 is 5.70. The Morgan fingerprint density at radius 2 is 2.00 bits per heavy atom. The minimum Gasteiger partial charge on any atom is -0.474 e. The van der Waals surface area contributed by atoms with Crippen LogP contribution in [0, 0.1) is 0 Å². The fourth-order valence-electron chi connectivity index (χ4n) is 1.21. The van der Waals surface area contributed by atoms with Crippen LogP contribution in [-0.2, 0) is 0 Å². The Balaban J connectivity index is 3.00. The minimum absolute atomic E-state index is 0.147. The van der Waals surface area contributed by atoms with Gasteiger partial charge < -0.3 is 4.74 Å². The van der Waals surface area contributed by atoms with Crippen LogP contribution in [0.25, 0.3) is 0 Å². The first-order valence-electron chi connectivity index (χ1n) is 5.23. The molecule has 0 N–H and O–H groups in total. The maximum atomic E-state index is 6.02. The van der Waals surface area contributed by atoms with Crippen LogP contribution in [0.1, 0.15) is 45.6 Å². The molecule has 0 aromatic carbocycles. The van der Waals surface area contributed by atoms with Crippen molar-refractivity contribution in [2.24, 2.45) is 0 Å². The van der Waals surface area contributed by atoms with E-state index in [4.69, 9.17) is 16.3 Å². The van der Waals surface area contributed by atoms with Crippen molar-refractivity contribution >= 4 is 11.6 Å². The standard InChI is InChI=1S/C11H17ClN2O/c1-5-8(4)15-11-9(7(2)3)10(12)13-6-14-11/h6-8H,5H2,1-4H3. The van der Waals surface area contributed by atoms with E-state index in [2.05, 4.69) is 16.9 Å². The number of nitrogens with zero attached hydrogens (tertiary/aromatic N) is 2. The summed E-state index contributed by atoms with van der Waals surface area (Å²) in [7, 11) is 0. The van der Waals surface area contributed by atoms with E-state index in [1.165, 1.54) is 6.33 Å². The Labute approximate surface area is 95.8 Å². The number of hydrogen-bond acceptors (Lipinski definition) is 3. The largest absolute Gasteiger partial charge is 0.474 e. The molecule has 1 aromatic heterocycles. The molecule has 0 aliphatic carbocycles. The fourth-order valence-corrected chi connectivity index (χ4v) is 1.55. The lowest BCUT2D eigenvalue weighted by atomic mass is 10.1. The highest BCUT2D eigenvalue weighted by atomic mass is 35.5. The van der Waals surface area contributed by atoms with Gasteiger partial charge in [-0.2, -0.15) is 0 Å². The quantitative estimate of drug-likeness (QED) is 0.741. The summed E-state index contributed by atoms with van der Waals surface area (Å²) in [6.07, 6.45) is 2.53. The number of ether oxygens (including phenoxy) is 1. The van der Waals surface area contributed by atoms with Gasteiger partial charge >= 0.3 is 0 Å². The van der Waals surface area contributed by atoms with Crippen LogP contribution in [0.5, 0.6) is 5.88 Å². The van der Waals surface area contributed by atoms with Crippen molar-refractivity contribution in [2.45, 2.75) is 46.1 Å². The molecule has 0 aliphatic rings. The number of hydrogen-bond donors (Lipinski definition) is 0. The topological polar surface area (TPSA) is 35.0 Å². The Morgan fingerprint density at radius 3 is 2.53 bits per heavy atom. The normalized spacial score (nSPS) is 12.9. The lowest BCUT2D eigenvalue weighted by Crippen LogP contribution is -2.13. The molecule has 0 radical (unpaired) electrons. The molecule has 15 heavy (non-hydrogen) atoms. The van der Waals surface area contributed by atoms with Crippen LogP contribution >= 0.6 is 11.6 Å². The van der Waals surface area contributed by atoms with Gasteiger partial charge in [0.2, 0.25) is 5.88 Å². The van der Waals surface area contributed by atoms with Crippen molar-refractivity contribution in [1.82, 2.24) is 9.97 Å². The van der Waals surface area contributed by atoms with E-state index in [9.17, 15) is 0 Å². The van der Waals surface area contributed by atoms with Gasteiger partial charge in [0.05, 0.1) is 11.7 Å². The van der Waals surface area contributed by atoms with Crippen LogP contribution in [0.3, 0.4) is 0 Å². The van der Waals surface area contributed by atoms with E-state index < -0.39 is 0 Å². The molecule has 1 rings (SSSR count). The fraction of sp³-hybridized carbons (Fsp3) is 0.636. The molecular weight excluding hydrogens is 212 g/mol. The molecule has 1 unspecified atom stereocenters. The van der Waals surface area contributed by atoms with Crippen molar-refractivity contribution in [3.63, 3.8) is 0 Å². The van der Waals surface area contributed by atoms with Gasteiger partial charge in [0, 0.05) is 0 Å². The van der Waals surface area contributed by atoms with Crippen LogP contribution < -0.4 is 4.74 Å². The first kappa shape index (κ1) is 12.2. The summed E-state index contributed by atoms with van der Waals surface area (Å²) in [4.78, 5) is 8.10. The summed E-state index contributed by atoms with van der Waals surface area (Å²) in [5.74, 6) is 0.872. The van der Waals surface area contributed by atoms with Gasteiger partial charge in [-0.1, -0.05) is 32.4 Å². The van der Waals surface area contributed by atoms with Crippen LogP contribution in [0.2, 0.25) is 5.15 Å². The molecule has 0 spiro atoms. The van der Waals surface area contributed by atoms with Crippen LogP contribution in [0.4, 0.5) is 0 Å². The molecule has 0 bridgehead atoms. The predicted octanol–water partition coefficient (Wildman–Crippen LogP) is 3.43. The second-order valence-electron chi connectivity index (χ2n) is 3.87. The zero-order valence-electron chi connectivity index (χ0n) is 9.62. The maximum absolute atomic E-state index is 6.02. The molecule has 1 aromatic rings. The van der Waals surface area contributed by atoms with Gasteiger partial charge in [-0.15, -0.1) is 0 Å². The van der Waals surface area contributed by atoms with E-state index in [1.807, 2.05) is 20.8 Å². The number of halogens is 1. The van der Waals surface area contributed by atoms with E-state index in [-0.39, 0.29) is 12.0 Å².